The Balaban J connectivity index is 1.40. The topological polar surface area (TPSA) is 27.3 Å². The molecule has 1 saturated carbocycles. The highest BCUT2D eigenvalue weighted by molar-refractivity contribution is 4.92. The molecule has 3 aliphatic rings. The maximum Gasteiger partial charge on any atom is 0.0110 e. The first-order chi connectivity index (χ1) is 10.3. The molecule has 0 aromatic heterocycles. The van der Waals surface area contributed by atoms with E-state index in [0.717, 1.165) is 23.9 Å². The van der Waals surface area contributed by atoms with Crippen molar-refractivity contribution in [2.45, 2.75) is 70.4 Å². The fraction of sp³-hybridized carbons (Fsp3) is 1.00. The lowest BCUT2D eigenvalue weighted by Gasteiger charge is -2.33. The van der Waals surface area contributed by atoms with Crippen LogP contribution in [0.5, 0.6) is 0 Å². The quantitative estimate of drug-likeness (QED) is 0.788. The summed E-state index contributed by atoms with van der Waals surface area (Å²) >= 11 is 0. The fourth-order valence-corrected chi connectivity index (χ4v) is 4.79. The van der Waals surface area contributed by atoms with E-state index in [9.17, 15) is 0 Å². The van der Waals surface area contributed by atoms with Crippen LogP contribution < -0.4 is 10.6 Å². The largest absolute Gasteiger partial charge is 0.314 e. The average molecular weight is 293 g/mol. The van der Waals surface area contributed by atoms with E-state index in [2.05, 4.69) is 22.5 Å². The van der Waals surface area contributed by atoms with Crippen molar-refractivity contribution < 1.29 is 0 Å². The van der Waals surface area contributed by atoms with E-state index in [-0.39, 0.29) is 0 Å². The zero-order chi connectivity index (χ0) is 14.5. The molecule has 2 saturated heterocycles. The highest BCUT2D eigenvalue weighted by Gasteiger charge is 2.34. The monoisotopic (exact) mass is 293 g/mol. The van der Waals surface area contributed by atoms with Gasteiger partial charge in [-0.3, -0.25) is 0 Å². The molecule has 0 radical (unpaired) electrons. The Labute approximate surface area is 131 Å². The molecule has 0 amide bonds. The Bertz CT molecular complexity index is 295. The molecular weight excluding hydrogens is 258 g/mol. The molecule has 2 N–H and O–H groups in total. The molecule has 0 aromatic rings. The van der Waals surface area contributed by atoms with Crippen LogP contribution in [0.2, 0.25) is 0 Å². The summed E-state index contributed by atoms with van der Waals surface area (Å²) in [6.45, 7) is 8.86. The van der Waals surface area contributed by atoms with E-state index in [0.29, 0.717) is 0 Å². The van der Waals surface area contributed by atoms with Crippen LogP contribution in [-0.2, 0) is 0 Å². The lowest BCUT2D eigenvalue weighted by Crippen LogP contribution is -2.48. The molecule has 2 heterocycles. The van der Waals surface area contributed by atoms with Gasteiger partial charge in [0.15, 0.2) is 0 Å². The fourth-order valence-electron chi connectivity index (χ4n) is 4.79. The molecule has 3 fully saturated rings. The van der Waals surface area contributed by atoms with Gasteiger partial charge in [-0.2, -0.15) is 0 Å². The van der Waals surface area contributed by atoms with E-state index in [1.54, 1.807) is 0 Å². The molecule has 0 bridgehead atoms. The molecule has 4 atom stereocenters. The number of hydrogen-bond donors (Lipinski definition) is 2. The third-order valence-corrected chi connectivity index (χ3v) is 5.93. The highest BCUT2D eigenvalue weighted by Crippen LogP contribution is 2.31. The third-order valence-electron chi connectivity index (χ3n) is 5.93. The number of hydrogen-bond acceptors (Lipinski definition) is 3. The second kappa shape index (κ2) is 7.94. The molecule has 1 aliphatic carbocycles. The van der Waals surface area contributed by atoms with Crippen LogP contribution in [0, 0.1) is 11.8 Å². The molecule has 21 heavy (non-hydrogen) atoms. The van der Waals surface area contributed by atoms with Crippen molar-refractivity contribution in [3.05, 3.63) is 0 Å². The number of rotatable bonds is 6. The standard InChI is InChI=1S/C18H35N3/c1-15(14-21-11-4-5-12-21)13-20-18-9-6-7-16(18)17-8-2-3-10-19-17/h15-20H,2-14H2,1H3. The molecule has 3 rings (SSSR count). The lowest BCUT2D eigenvalue weighted by atomic mass is 9.88. The van der Waals surface area contributed by atoms with Gasteiger partial charge in [0.25, 0.3) is 0 Å². The second-order valence-electron chi connectivity index (χ2n) is 7.78. The van der Waals surface area contributed by atoms with Gasteiger partial charge in [-0.25, -0.2) is 0 Å². The van der Waals surface area contributed by atoms with Crippen molar-refractivity contribution in [2.75, 3.05) is 32.7 Å². The Kier molecular flexibility index (Phi) is 5.96. The van der Waals surface area contributed by atoms with Crippen LogP contribution in [-0.4, -0.2) is 49.7 Å². The van der Waals surface area contributed by atoms with Crippen LogP contribution in [0.4, 0.5) is 0 Å². The average Bonchev–Trinajstić information content (AvgIpc) is 3.17. The number of likely N-dealkylation sites (tertiary alicyclic amines) is 1. The number of nitrogens with zero attached hydrogens (tertiary/aromatic N) is 1. The van der Waals surface area contributed by atoms with Crippen LogP contribution in [0.1, 0.15) is 58.3 Å². The van der Waals surface area contributed by atoms with Crippen LogP contribution in [0.25, 0.3) is 0 Å². The first kappa shape index (κ1) is 15.8. The summed E-state index contributed by atoms with van der Waals surface area (Å²) in [4.78, 5) is 2.65. The van der Waals surface area contributed by atoms with Gasteiger partial charge in [0.2, 0.25) is 0 Å². The maximum absolute atomic E-state index is 3.94. The number of piperidine rings is 1. The molecule has 4 unspecified atom stereocenters. The van der Waals surface area contributed by atoms with Gasteiger partial charge in [-0.15, -0.1) is 0 Å². The Morgan fingerprint density at radius 2 is 1.90 bits per heavy atom. The summed E-state index contributed by atoms with van der Waals surface area (Å²) in [5.74, 6) is 1.69. The first-order valence-corrected chi connectivity index (χ1v) is 9.52. The van der Waals surface area contributed by atoms with Gasteiger partial charge in [0.05, 0.1) is 0 Å². The van der Waals surface area contributed by atoms with Crippen LogP contribution in [0.3, 0.4) is 0 Å². The molecule has 122 valence electrons. The van der Waals surface area contributed by atoms with E-state index in [1.165, 1.54) is 84.1 Å². The SMILES string of the molecule is CC(CNC1CCCC1C1CCCCN1)CN1CCCC1. The molecule has 0 aromatic carbocycles. The van der Waals surface area contributed by atoms with Crippen molar-refractivity contribution in [2.24, 2.45) is 11.8 Å². The maximum atomic E-state index is 3.94. The van der Waals surface area contributed by atoms with Crippen molar-refractivity contribution in [1.29, 1.82) is 0 Å². The van der Waals surface area contributed by atoms with Crippen molar-refractivity contribution in [3.63, 3.8) is 0 Å². The minimum atomic E-state index is 0.779. The van der Waals surface area contributed by atoms with Crippen molar-refractivity contribution >= 4 is 0 Å². The Morgan fingerprint density at radius 1 is 1.05 bits per heavy atom. The van der Waals surface area contributed by atoms with Crippen LogP contribution in [0.15, 0.2) is 0 Å². The normalized spacial score (nSPS) is 36.1. The summed E-state index contributed by atoms with van der Waals surface area (Å²) in [5.41, 5.74) is 0. The minimum absolute atomic E-state index is 0.779. The third kappa shape index (κ3) is 4.43. The molecule has 3 nitrogen and oxygen atoms in total. The van der Waals surface area contributed by atoms with E-state index < -0.39 is 0 Å². The number of nitrogens with one attached hydrogen (secondary N) is 2. The zero-order valence-electron chi connectivity index (χ0n) is 13.9. The predicted octanol–water partition coefficient (Wildman–Crippen LogP) is 2.62. The summed E-state index contributed by atoms with van der Waals surface area (Å²) in [6, 6.07) is 1.58. The lowest BCUT2D eigenvalue weighted by molar-refractivity contribution is 0.238. The Morgan fingerprint density at radius 3 is 2.67 bits per heavy atom. The van der Waals surface area contributed by atoms with Gasteiger partial charge < -0.3 is 15.5 Å². The van der Waals surface area contributed by atoms with E-state index >= 15 is 0 Å². The van der Waals surface area contributed by atoms with Gasteiger partial charge in [-0.05, 0) is 76.5 Å². The van der Waals surface area contributed by atoms with Crippen molar-refractivity contribution in [3.8, 4) is 0 Å². The molecular formula is C18H35N3. The van der Waals surface area contributed by atoms with Crippen molar-refractivity contribution in [1.82, 2.24) is 15.5 Å². The van der Waals surface area contributed by atoms with E-state index in [1.807, 2.05) is 0 Å². The smallest absolute Gasteiger partial charge is 0.0110 e. The minimum Gasteiger partial charge on any atom is -0.314 e. The summed E-state index contributed by atoms with van der Waals surface area (Å²) < 4.78 is 0. The summed E-state index contributed by atoms with van der Waals surface area (Å²) in [6.07, 6.45) is 11.3. The van der Waals surface area contributed by atoms with Gasteiger partial charge in [0.1, 0.15) is 0 Å². The van der Waals surface area contributed by atoms with Gasteiger partial charge >= 0.3 is 0 Å². The highest BCUT2D eigenvalue weighted by atomic mass is 15.1. The van der Waals surface area contributed by atoms with Gasteiger partial charge in [0, 0.05) is 18.6 Å². The summed E-state index contributed by atoms with van der Waals surface area (Å²) in [7, 11) is 0. The summed E-state index contributed by atoms with van der Waals surface area (Å²) in [5, 5.41) is 7.73. The first-order valence-electron chi connectivity index (χ1n) is 9.52. The zero-order valence-corrected chi connectivity index (χ0v) is 13.9. The van der Waals surface area contributed by atoms with E-state index in [4.69, 9.17) is 0 Å². The Hall–Kier alpha value is -0.120. The molecule has 0 spiro atoms. The predicted molar refractivity (Wildman–Crippen MR) is 89.6 cm³/mol. The second-order valence-corrected chi connectivity index (χ2v) is 7.78. The van der Waals surface area contributed by atoms with Crippen LogP contribution >= 0.6 is 0 Å². The van der Waals surface area contributed by atoms with Gasteiger partial charge in [-0.1, -0.05) is 19.8 Å². The molecule has 2 aliphatic heterocycles. The molecule has 3 heteroatoms.